The minimum Gasteiger partial charge on any atom is -0.365 e. The van der Waals surface area contributed by atoms with E-state index in [1.165, 1.54) is 17.8 Å². The van der Waals surface area contributed by atoms with Crippen LogP contribution in [0.3, 0.4) is 0 Å². The number of carbonyl (C=O) groups excluding carboxylic acids is 2. The fourth-order valence-electron chi connectivity index (χ4n) is 3.98. The summed E-state index contributed by atoms with van der Waals surface area (Å²) in [6, 6.07) is 1.65. The average Bonchev–Trinajstić information content (AvgIpc) is 3.51. The van der Waals surface area contributed by atoms with E-state index >= 15 is 0 Å². The maximum Gasteiger partial charge on any atom is 0.435 e. The van der Waals surface area contributed by atoms with Gasteiger partial charge in [0.05, 0.1) is 11.4 Å². The number of rotatable bonds is 7. The van der Waals surface area contributed by atoms with Crippen molar-refractivity contribution in [1.82, 2.24) is 24.5 Å². The summed E-state index contributed by atoms with van der Waals surface area (Å²) in [6.45, 7) is 4.99. The van der Waals surface area contributed by atoms with E-state index in [1.807, 2.05) is 0 Å². The van der Waals surface area contributed by atoms with Crippen LogP contribution in [-0.4, -0.2) is 36.4 Å². The van der Waals surface area contributed by atoms with E-state index in [1.54, 1.807) is 13.8 Å². The first-order chi connectivity index (χ1) is 18.1. The maximum absolute atomic E-state index is 13.7. The average molecular weight is 574 g/mol. The van der Waals surface area contributed by atoms with Crippen LogP contribution in [0.1, 0.15) is 45.8 Å². The molecular weight excluding hydrogens is 552 g/mol. The van der Waals surface area contributed by atoms with Crippen LogP contribution in [-0.2, 0) is 30.2 Å². The van der Waals surface area contributed by atoms with Gasteiger partial charge in [0.2, 0.25) is 5.91 Å². The number of halogens is 6. The van der Waals surface area contributed by atoms with E-state index in [9.17, 15) is 35.9 Å². The van der Waals surface area contributed by atoms with Gasteiger partial charge in [0.25, 0.3) is 5.91 Å². The number of nitrogens with zero attached hydrogens (tertiary/aromatic N) is 5. The lowest BCUT2D eigenvalue weighted by Gasteiger charge is -2.12. The molecule has 0 aromatic carbocycles. The molecule has 4 aromatic rings. The maximum atomic E-state index is 13.7. The quantitative estimate of drug-likeness (QED) is 0.296. The number of hydrogen-bond acceptors (Lipinski definition) is 6. The number of thiophene rings is 1. The standard InChI is InChI=1S/C23H21F6N7O2S/c1-4-35-9-13(11(3)33-35)12-8-14(22(24,25)26)31-21-17(12)18(19(39-21)20(30)38)32-16(37)5-6-36-10(2)7-15(34-36)23(27,28)29/h7-9H,4-6H2,1-3H3,(H2,30,38)(H,32,37). The number of pyridine rings is 1. The first-order valence-electron chi connectivity index (χ1n) is 11.4. The van der Waals surface area contributed by atoms with Gasteiger partial charge >= 0.3 is 12.4 Å². The van der Waals surface area contributed by atoms with Crippen molar-refractivity contribution < 1.29 is 35.9 Å². The second-order valence-corrected chi connectivity index (χ2v) is 9.58. The minimum absolute atomic E-state index is 0.0290. The molecule has 3 N–H and O–H groups in total. The van der Waals surface area contributed by atoms with Crippen molar-refractivity contribution >= 4 is 39.1 Å². The van der Waals surface area contributed by atoms with Gasteiger partial charge in [-0.05, 0) is 38.5 Å². The molecule has 0 atom stereocenters. The van der Waals surface area contributed by atoms with Gasteiger partial charge in [-0.2, -0.15) is 36.5 Å². The molecule has 4 heterocycles. The largest absolute Gasteiger partial charge is 0.435 e. The zero-order valence-electron chi connectivity index (χ0n) is 20.7. The molecule has 9 nitrogen and oxygen atoms in total. The van der Waals surface area contributed by atoms with Gasteiger partial charge in [-0.25, -0.2) is 4.98 Å². The second-order valence-electron chi connectivity index (χ2n) is 8.58. The molecule has 0 aliphatic heterocycles. The highest BCUT2D eigenvalue weighted by atomic mass is 32.1. The van der Waals surface area contributed by atoms with Gasteiger partial charge in [-0.1, -0.05) is 0 Å². The van der Waals surface area contributed by atoms with Crippen LogP contribution in [0.2, 0.25) is 0 Å². The number of fused-ring (bicyclic) bond motifs is 1. The Balaban J connectivity index is 1.78. The SMILES string of the molecule is CCn1cc(-c2cc(C(F)(F)F)nc3sc(C(N)=O)c(NC(=O)CCn4nc(C(F)(F)F)cc4C)c23)c(C)n1. The lowest BCUT2D eigenvalue weighted by atomic mass is 10.0. The van der Waals surface area contributed by atoms with Crippen LogP contribution in [0.4, 0.5) is 32.0 Å². The number of anilines is 1. The number of hydrogen-bond donors (Lipinski definition) is 2. The summed E-state index contributed by atoms with van der Waals surface area (Å²) in [5.41, 5.74) is 3.95. The number of amides is 2. The normalized spacial score (nSPS) is 12.3. The molecule has 0 aliphatic carbocycles. The van der Waals surface area contributed by atoms with E-state index in [2.05, 4.69) is 20.5 Å². The molecule has 16 heteroatoms. The van der Waals surface area contributed by atoms with Crippen molar-refractivity contribution in [1.29, 1.82) is 0 Å². The van der Waals surface area contributed by atoms with Gasteiger partial charge in [-0.15, -0.1) is 11.3 Å². The van der Waals surface area contributed by atoms with Crippen LogP contribution >= 0.6 is 11.3 Å². The summed E-state index contributed by atoms with van der Waals surface area (Å²) in [6.07, 6.45) is -8.29. The molecule has 39 heavy (non-hydrogen) atoms. The Morgan fingerprint density at radius 2 is 1.69 bits per heavy atom. The van der Waals surface area contributed by atoms with Crippen molar-refractivity contribution in [3.05, 3.63) is 46.0 Å². The Bertz CT molecular complexity index is 1580. The molecule has 0 radical (unpaired) electrons. The molecule has 4 aromatic heterocycles. The molecule has 0 saturated heterocycles. The molecular formula is C23H21F6N7O2S. The van der Waals surface area contributed by atoms with Gasteiger partial charge in [-0.3, -0.25) is 19.0 Å². The summed E-state index contributed by atoms with van der Waals surface area (Å²) in [7, 11) is 0. The smallest absolute Gasteiger partial charge is 0.365 e. The second kappa shape index (κ2) is 9.98. The van der Waals surface area contributed by atoms with Gasteiger partial charge in [0, 0.05) is 42.4 Å². The lowest BCUT2D eigenvalue weighted by molar-refractivity contribution is -0.142. The fraction of sp³-hybridized carbons (Fsp3) is 0.348. The number of carbonyl (C=O) groups is 2. The molecule has 0 fully saturated rings. The van der Waals surface area contributed by atoms with Crippen molar-refractivity contribution in [3.8, 4) is 11.1 Å². The number of aryl methyl sites for hydroxylation is 4. The summed E-state index contributed by atoms with van der Waals surface area (Å²) >= 11 is 0.584. The van der Waals surface area contributed by atoms with Crippen molar-refractivity contribution in [2.45, 2.75) is 52.6 Å². The number of primary amides is 1. The first-order valence-corrected chi connectivity index (χ1v) is 12.2. The van der Waals surface area contributed by atoms with E-state index in [4.69, 9.17) is 5.73 Å². The third kappa shape index (κ3) is 5.60. The third-order valence-corrected chi connectivity index (χ3v) is 6.92. The molecule has 4 rings (SSSR count). The molecule has 0 saturated carbocycles. The number of aromatic nitrogens is 5. The summed E-state index contributed by atoms with van der Waals surface area (Å²) in [4.78, 5) is 28.4. The van der Waals surface area contributed by atoms with Crippen LogP contribution < -0.4 is 11.1 Å². The molecule has 0 unspecified atom stereocenters. The predicted molar refractivity (Wildman–Crippen MR) is 130 cm³/mol. The van der Waals surface area contributed by atoms with Gasteiger partial charge in [0.1, 0.15) is 15.4 Å². The lowest BCUT2D eigenvalue weighted by Crippen LogP contribution is -2.19. The van der Waals surface area contributed by atoms with E-state index in [-0.39, 0.29) is 45.0 Å². The molecule has 0 aliphatic rings. The number of nitrogens with one attached hydrogen (secondary N) is 1. The van der Waals surface area contributed by atoms with E-state index in [0.717, 1.165) is 16.8 Å². The highest BCUT2D eigenvalue weighted by Crippen LogP contribution is 2.44. The monoisotopic (exact) mass is 573 g/mol. The molecule has 208 valence electrons. The Kier molecular flexibility index (Phi) is 7.18. The highest BCUT2D eigenvalue weighted by molar-refractivity contribution is 7.21. The minimum atomic E-state index is -4.81. The zero-order valence-corrected chi connectivity index (χ0v) is 21.5. The van der Waals surface area contributed by atoms with E-state index < -0.39 is 35.6 Å². The zero-order chi connectivity index (χ0) is 28.9. The number of alkyl halides is 6. The van der Waals surface area contributed by atoms with Crippen molar-refractivity contribution in [2.75, 3.05) is 5.32 Å². The van der Waals surface area contributed by atoms with Crippen LogP contribution in [0.5, 0.6) is 0 Å². The fourth-order valence-corrected chi connectivity index (χ4v) is 4.98. The summed E-state index contributed by atoms with van der Waals surface area (Å²) in [5.74, 6) is -1.74. The highest BCUT2D eigenvalue weighted by Gasteiger charge is 2.36. The Morgan fingerprint density at radius 3 is 2.23 bits per heavy atom. The molecule has 0 spiro atoms. The van der Waals surface area contributed by atoms with Crippen molar-refractivity contribution in [3.63, 3.8) is 0 Å². The summed E-state index contributed by atoms with van der Waals surface area (Å²) in [5, 5.41) is 10.3. The van der Waals surface area contributed by atoms with Crippen LogP contribution in [0.15, 0.2) is 18.3 Å². The predicted octanol–water partition coefficient (Wildman–Crippen LogP) is 5.16. The Morgan fingerprint density at radius 1 is 1.03 bits per heavy atom. The first kappa shape index (κ1) is 28.1. The van der Waals surface area contributed by atoms with E-state index in [0.29, 0.717) is 29.1 Å². The topological polar surface area (TPSA) is 121 Å². The Labute approximate surface area is 220 Å². The van der Waals surface area contributed by atoms with Crippen LogP contribution in [0, 0.1) is 13.8 Å². The van der Waals surface area contributed by atoms with Crippen LogP contribution in [0.25, 0.3) is 21.3 Å². The molecule has 2 amide bonds. The summed E-state index contributed by atoms with van der Waals surface area (Å²) < 4.78 is 82.5. The van der Waals surface area contributed by atoms with Crippen molar-refractivity contribution in [2.24, 2.45) is 5.73 Å². The third-order valence-electron chi connectivity index (χ3n) is 5.82. The van der Waals surface area contributed by atoms with Gasteiger partial charge in [0.15, 0.2) is 5.69 Å². The Hall–Kier alpha value is -3.95. The number of nitrogens with two attached hydrogens (primary N) is 1. The van der Waals surface area contributed by atoms with Gasteiger partial charge < -0.3 is 11.1 Å². The molecule has 0 bridgehead atoms.